The molecule has 0 fully saturated rings. The zero-order chi connectivity index (χ0) is 17.1. The average molecular weight is 389 g/mol. The maximum Gasteiger partial charge on any atom is 0.0733 e. The molecule has 3 aromatic rings. The summed E-state index contributed by atoms with van der Waals surface area (Å²) in [5.74, 6) is 0. The zero-order valence-electron chi connectivity index (χ0n) is 14.1. The van der Waals surface area contributed by atoms with Crippen LogP contribution >= 0.6 is 15.9 Å². The molecule has 3 rings (SSSR count). The van der Waals surface area contributed by atoms with Gasteiger partial charge in [-0.15, -0.1) is 0 Å². The maximum absolute atomic E-state index is 5.15. The number of fused-ring (bicyclic) bond motifs is 1. The number of halogens is 1. The summed E-state index contributed by atoms with van der Waals surface area (Å²) in [6, 6.07) is 8.15. The van der Waals surface area contributed by atoms with Crippen molar-refractivity contribution in [3.05, 3.63) is 51.9 Å². The number of aryl methyl sites for hydroxylation is 1. The van der Waals surface area contributed by atoms with E-state index in [9.17, 15) is 0 Å². The number of hydrogen-bond acceptors (Lipinski definition) is 4. The van der Waals surface area contributed by atoms with E-state index in [1.54, 1.807) is 7.11 Å². The van der Waals surface area contributed by atoms with Crippen LogP contribution in [0.3, 0.4) is 0 Å². The molecule has 24 heavy (non-hydrogen) atoms. The van der Waals surface area contributed by atoms with Crippen LogP contribution in [0.4, 0.5) is 5.69 Å². The summed E-state index contributed by atoms with van der Waals surface area (Å²) in [6.45, 7) is 6.33. The number of nitrogens with one attached hydrogen (secondary N) is 1. The lowest BCUT2D eigenvalue weighted by Gasteiger charge is -2.10. The molecule has 0 aliphatic rings. The van der Waals surface area contributed by atoms with E-state index in [-0.39, 0.29) is 0 Å². The van der Waals surface area contributed by atoms with Gasteiger partial charge in [0.25, 0.3) is 0 Å². The molecule has 0 aliphatic heterocycles. The summed E-state index contributed by atoms with van der Waals surface area (Å²) in [5, 5.41) is 9.26. The van der Waals surface area contributed by atoms with Crippen LogP contribution in [0.1, 0.15) is 17.0 Å². The van der Waals surface area contributed by atoms with Crippen molar-refractivity contribution in [3.8, 4) is 0 Å². The van der Waals surface area contributed by atoms with Gasteiger partial charge < -0.3 is 10.1 Å². The largest absolute Gasteiger partial charge is 0.383 e. The van der Waals surface area contributed by atoms with Crippen molar-refractivity contribution >= 4 is 32.5 Å². The minimum absolute atomic E-state index is 0.665. The molecule has 126 valence electrons. The SMILES string of the molecule is COCCn1nc(C)c(CNc2ccnc3cc(Br)ccc23)c1C. The van der Waals surface area contributed by atoms with Crippen LogP contribution in [0.5, 0.6) is 0 Å². The fraction of sp³-hybridized carbons (Fsp3) is 0.333. The van der Waals surface area contributed by atoms with E-state index in [0.717, 1.165) is 39.8 Å². The lowest BCUT2D eigenvalue weighted by Crippen LogP contribution is -2.08. The first-order valence-electron chi connectivity index (χ1n) is 7.90. The number of nitrogens with zero attached hydrogens (tertiary/aromatic N) is 3. The van der Waals surface area contributed by atoms with Crippen LogP contribution in [0.25, 0.3) is 10.9 Å². The molecular formula is C18H21BrN4O. The van der Waals surface area contributed by atoms with E-state index in [1.165, 1.54) is 11.3 Å². The first-order chi connectivity index (χ1) is 11.6. The van der Waals surface area contributed by atoms with Crippen molar-refractivity contribution in [1.29, 1.82) is 0 Å². The lowest BCUT2D eigenvalue weighted by atomic mass is 10.1. The lowest BCUT2D eigenvalue weighted by molar-refractivity contribution is 0.182. The summed E-state index contributed by atoms with van der Waals surface area (Å²) < 4.78 is 8.19. The summed E-state index contributed by atoms with van der Waals surface area (Å²) in [5.41, 5.74) is 5.51. The Morgan fingerprint density at radius 3 is 2.88 bits per heavy atom. The molecule has 0 spiro atoms. The van der Waals surface area contributed by atoms with Gasteiger partial charge in [-0.05, 0) is 38.1 Å². The van der Waals surface area contributed by atoms with Crippen molar-refractivity contribution in [3.63, 3.8) is 0 Å². The van der Waals surface area contributed by atoms with E-state index in [0.29, 0.717) is 6.61 Å². The number of methoxy groups -OCH3 is 1. The third kappa shape index (κ3) is 3.44. The number of pyridine rings is 1. The summed E-state index contributed by atoms with van der Waals surface area (Å²) in [4.78, 5) is 4.43. The molecular weight excluding hydrogens is 368 g/mol. The zero-order valence-corrected chi connectivity index (χ0v) is 15.7. The fourth-order valence-corrected chi connectivity index (χ4v) is 3.19. The van der Waals surface area contributed by atoms with E-state index >= 15 is 0 Å². The van der Waals surface area contributed by atoms with Crippen LogP contribution in [-0.2, 0) is 17.8 Å². The van der Waals surface area contributed by atoms with Gasteiger partial charge in [0.15, 0.2) is 0 Å². The minimum Gasteiger partial charge on any atom is -0.383 e. The second-order valence-electron chi connectivity index (χ2n) is 5.74. The third-order valence-corrected chi connectivity index (χ3v) is 4.69. The highest BCUT2D eigenvalue weighted by Gasteiger charge is 2.12. The molecule has 5 nitrogen and oxygen atoms in total. The van der Waals surface area contributed by atoms with Gasteiger partial charge in [-0.25, -0.2) is 0 Å². The van der Waals surface area contributed by atoms with E-state index in [1.807, 2.05) is 29.1 Å². The van der Waals surface area contributed by atoms with Gasteiger partial charge in [0.2, 0.25) is 0 Å². The molecule has 0 aliphatic carbocycles. The Kier molecular flexibility index (Phi) is 5.16. The molecule has 0 radical (unpaired) electrons. The topological polar surface area (TPSA) is 52.0 Å². The van der Waals surface area contributed by atoms with Gasteiger partial charge in [-0.3, -0.25) is 9.67 Å². The Bertz CT molecular complexity index is 860. The van der Waals surface area contributed by atoms with Gasteiger partial charge in [-0.2, -0.15) is 5.10 Å². The Balaban J connectivity index is 1.83. The number of ether oxygens (including phenoxy) is 1. The van der Waals surface area contributed by atoms with Gasteiger partial charge in [0, 0.05) is 46.7 Å². The molecule has 0 bridgehead atoms. The highest BCUT2D eigenvalue weighted by molar-refractivity contribution is 9.10. The van der Waals surface area contributed by atoms with Crippen LogP contribution < -0.4 is 5.32 Å². The molecule has 1 aromatic carbocycles. The monoisotopic (exact) mass is 388 g/mol. The molecule has 1 N–H and O–H groups in total. The van der Waals surface area contributed by atoms with Crippen LogP contribution in [-0.4, -0.2) is 28.5 Å². The van der Waals surface area contributed by atoms with Crippen LogP contribution in [0.2, 0.25) is 0 Å². The van der Waals surface area contributed by atoms with Crippen molar-refractivity contribution in [2.45, 2.75) is 26.9 Å². The van der Waals surface area contributed by atoms with E-state index < -0.39 is 0 Å². The predicted octanol–water partition coefficient (Wildman–Crippen LogP) is 4.07. The second kappa shape index (κ2) is 7.32. The Morgan fingerprint density at radius 1 is 1.25 bits per heavy atom. The Labute approximate surface area is 150 Å². The highest BCUT2D eigenvalue weighted by atomic mass is 79.9. The van der Waals surface area contributed by atoms with Gasteiger partial charge >= 0.3 is 0 Å². The summed E-state index contributed by atoms with van der Waals surface area (Å²) in [6.07, 6.45) is 1.83. The minimum atomic E-state index is 0.665. The van der Waals surface area contributed by atoms with E-state index in [4.69, 9.17) is 4.74 Å². The first-order valence-corrected chi connectivity index (χ1v) is 8.69. The number of aromatic nitrogens is 3. The Morgan fingerprint density at radius 2 is 2.08 bits per heavy atom. The van der Waals surface area contributed by atoms with Crippen molar-refractivity contribution in [1.82, 2.24) is 14.8 Å². The van der Waals surface area contributed by atoms with E-state index in [2.05, 4.69) is 51.2 Å². The maximum atomic E-state index is 5.15. The average Bonchev–Trinajstić information content (AvgIpc) is 2.84. The number of hydrogen-bond donors (Lipinski definition) is 1. The van der Waals surface area contributed by atoms with Gasteiger partial charge in [0.1, 0.15) is 0 Å². The number of anilines is 1. The second-order valence-corrected chi connectivity index (χ2v) is 6.65. The third-order valence-electron chi connectivity index (χ3n) is 4.20. The molecule has 0 saturated heterocycles. The van der Waals surface area contributed by atoms with Gasteiger partial charge in [-0.1, -0.05) is 15.9 Å². The van der Waals surface area contributed by atoms with Gasteiger partial charge in [0.05, 0.1) is 24.4 Å². The van der Waals surface area contributed by atoms with Crippen molar-refractivity contribution in [2.75, 3.05) is 19.0 Å². The highest BCUT2D eigenvalue weighted by Crippen LogP contribution is 2.25. The van der Waals surface area contributed by atoms with Crippen molar-refractivity contribution in [2.24, 2.45) is 0 Å². The van der Waals surface area contributed by atoms with Crippen LogP contribution in [0, 0.1) is 13.8 Å². The number of rotatable bonds is 6. The van der Waals surface area contributed by atoms with Crippen molar-refractivity contribution < 1.29 is 4.74 Å². The predicted molar refractivity (Wildman–Crippen MR) is 100 cm³/mol. The normalized spacial score (nSPS) is 11.2. The summed E-state index contributed by atoms with van der Waals surface area (Å²) in [7, 11) is 1.71. The standard InChI is InChI=1S/C18H21BrN4O/c1-12-16(13(2)23(22-12)8-9-24-3)11-21-17-6-7-20-18-10-14(19)4-5-15(17)18/h4-7,10H,8-9,11H2,1-3H3,(H,20,21). The molecule has 2 aromatic heterocycles. The first kappa shape index (κ1) is 16.9. The molecule has 6 heteroatoms. The summed E-state index contributed by atoms with van der Waals surface area (Å²) >= 11 is 3.49. The molecule has 0 atom stereocenters. The molecule has 0 saturated carbocycles. The number of benzene rings is 1. The smallest absolute Gasteiger partial charge is 0.0733 e. The molecule has 0 amide bonds. The quantitative estimate of drug-likeness (QED) is 0.691. The molecule has 2 heterocycles. The Hall–Kier alpha value is -1.92. The molecule has 0 unspecified atom stereocenters. The fourth-order valence-electron chi connectivity index (χ4n) is 2.84. The van der Waals surface area contributed by atoms with Crippen LogP contribution in [0.15, 0.2) is 34.9 Å².